The van der Waals surface area contributed by atoms with Crippen molar-refractivity contribution < 1.29 is 13.2 Å². The number of nitrogens with zero attached hydrogens (tertiary/aromatic N) is 2. The highest BCUT2D eigenvalue weighted by Crippen LogP contribution is 2.36. The first kappa shape index (κ1) is 24.2. The van der Waals surface area contributed by atoms with Crippen LogP contribution in [0.3, 0.4) is 0 Å². The van der Waals surface area contributed by atoms with Gasteiger partial charge in [0, 0.05) is 31.7 Å². The fourth-order valence-electron chi connectivity index (χ4n) is 5.52. The van der Waals surface area contributed by atoms with E-state index in [9.17, 15) is 13.2 Å². The van der Waals surface area contributed by atoms with Crippen LogP contribution >= 0.6 is 0 Å². The number of benzene rings is 1. The van der Waals surface area contributed by atoms with Gasteiger partial charge in [-0.15, -0.1) is 0 Å². The van der Waals surface area contributed by atoms with Gasteiger partial charge < -0.3 is 10.6 Å². The number of anilines is 1. The van der Waals surface area contributed by atoms with Gasteiger partial charge in [0.1, 0.15) is 11.4 Å². The lowest BCUT2D eigenvalue weighted by Crippen LogP contribution is -2.51. The predicted molar refractivity (Wildman–Crippen MR) is 133 cm³/mol. The summed E-state index contributed by atoms with van der Waals surface area (Å²) in [6.07, 6.45) is 5.91. The van der Waals surface area contributed by atoms with E-state index in [4.69, 9.17) is 4.99 Å². The summed E-state index contributed by atoms with van der Waals surface area (Å²) in [6, 6.07) is 4.15. The van der Waals surface area contributed by atoms with Crippen molar-refractivity contribution in [3.05, 3.63) is 28.8 Å². The molecule has 1 aliphatic carbocycles. The molecule has 0 radical (unpaired) electrons. The van der Waals surface area contributed by atoms with Gasteiger partial charge in [0.2, 0.25) is 10.0 Å². The Balaban J connectivity index is 1.38. The monoisotopic (exact) mass is 474 g/mol. The van der Waals surface area contributed by atoms with E-state index in [1.807, 2.05) is 20.9 Å². The third-order valence-electron chi connectivity index (χ3n) is 7.93. The molecule has 7 nitrogen and oxygen atoms in total. The Morgan fingerprint density at radius 2 is 1.79 bits per heavy atom. The Bertz CT molecular complexity index is 1030. The van der Waals surface area contributed by atoms with Crippen LogP contribution in [-0.2, 0) is 21.2 Å². The molecule has 0 atom stereocenters. The molecule has 2 aliphatic heterocycles. The number of carbonyl (C=O) groups excluding carboxylic acids is 1. The van der Waals surface area contributed by atoms with Gasteiger partial charge in [-0.2, -0.15) is 0 Å². The molecule has 1 spiro atoms. The van der Waals surface area contributed by atoms with Gasteiger partial charge in [0.05, 0.1) is 5.75 Å². The Labute approximate surface area is 198 Å². The summed E-state index contributed by atoms with van der Waals surface area (Å²) >= 11 is 0. The molecule has 2 fully saturated rings. The van der Waals surface area contributed by atoms with E-state index in [-0.39, 0.29) is 11.7 Å². The minimum absolute atomic E-state index is 0.0381. The van der Waals surface area contributed by atoms with Gasteiger partial charge in [-0.05, 0) is 74.6 Å². The van der Waals surface area contributed by atoms with Crippen molar-refractivity contribution in [3.8, 4) is 0 Å². The molecule has 0 unspecified atom stereocenters. The number of sulfonamides is 1. The van der Waals surface area contributed by atoms with Crippen LogP contribution in [-0.4, -0.2) is 55.9 Å². The first-order valence-electron chi connectivity index (χ1n) is 12.3. The first-order chi connectivity index (χ1) is 15.6. The van der Waals surface area contributed by atoms with Crippen LogP contribution in [0, 0.1) is 25.7 Å². The van der Waals surface area contributed by atoms with Crippen molar-refractivity contribution in [1.29, 1.82) is 0 Å². The summed E-state index contributed by atoms with van der Waals surface area (Å²) in [4.78, 5) is 17.7. The first-order valence-corrected chi connectivity index (χ1v) is 13.9. The highest BCUT2D eigenvalue weighted by Gasteiger charge is 2.48. The summed E-state index contributed by atoms with van der Waals surface area (Å²) in [5.41, 5.74) is 3.57. The van der Waals surface area contributed by atoms with E-state index < -0.39 is 15.6 Å². The van der Waals surface area contributed by atoms with E-state index in [1.54, 1.807) is 4.31 Å². The largest absolute Gasteiger partial charge is 0.388 e. The average molecular weight is 475 g/mol. The van der Waals surface area contributed by atoms with Crippen LogP contribution in [0.2, 0.25) is 0 Å². The van der Waals surface area contributed by atoms with E-state index >= 15 is 0 Å². The van der Waals surface area contributed by atoms with E-state index in [1.165, 1.54) is 12.8 Å². The zero-order valence-corrected chi connectivity index (χ0v) is 21.2. The van der Waals surface area contributed by atoms with Crippen LogP contribution in [0.4, 0.5) is 5.69 Å². The van der Waals surface area contributed by atoms with Crippen molar-refractivity contribution >= 4 is 27.5 Å². The second-order valence-electron chi connectivity index (χ2n) is 10.2. The lowest BCUT2D eigenvalue weighted by Gasteiger charge is -2.34. The molecule has 1 aromatic carbocycles. The van der Waals surface area contributed by atoms with Crippen molar-refractivity contribution in [2.75, 3.05) is 31.2 Å². The highest BCUT2D eigenvalue weighted by molar-refractivity contribution is 7.89. The van der Waals surface area contributed by atoms with Crippen LogP contribution in [0.1, 0.15) is 62.1 Å². The molecule has 182 valence electrons. The molecule has 1 amide bonds. The van der Waals surface area contributed by atoms with Gasteiger partial charge in [0.25, 0.3) is 5.91 Å². The number of aryl methyl sites for hydroxylation is 3. The Morgan fingerprint density at radius 1 is 1.12 bits per heavy atom. The van der Waals surface area contributed by atoms with Gasteiger partial charge in [-0.3, -0.25) is 9.79 Å². The molecule has 33 heavy (non-hydrogen) atoms. The fraction of sp³-hybridized carbons (Fsp3) is 0.680. The second-order valence-corrected chi connectivity index (χ2v) is 12.3. The average Bonchev–Trinajstić information content (AvgIpc) is 3.10. The SMILES string of the molecule is CNc1cc(C)c(CCS(=O)(=O)N2CCC3(CC2)N=C(C2CCC(C)CC2)NC3=O)cc1C. The topological polar surface area (TPSA) is 90.9 Å². The molecule has 2 N–H and O–H groups in total. The molecular formula is C25H38N4O3S. The van der Waals surface area contributed by atoms with Gasteiger partial charge in [0.15, 0.2) is 0 Å². The molecule has 4 rings (SSSR count). The smallest absolute Gasteiger partial charge is 0.253 e. The summed E-state index contributed by atoms with van der Waals surface area (Å²) in [5.74, 6) is 1.98. The maximum Gasteiger partial charge on any atom is 0.253 e. The molecule has 1 aromatic rings. The predicted octanol–water partition coefficient (Wildman–Crippen LogP) is 3.41. The molecule has 0 bridgehead atoms. The lowest BCUT2D eigenvalue weighted by atomic mass is 9.82. The minimum atomic E-state index is -3.39. The van der Waals surface area contributed by atoms with Gasteiger partial charge >= 0.3 is 0 Å². The maximum atomic E-state index is 13.1. The molecular weight excluding hydrogens is 436 g/mol. The number of aliphatic imine (C=N–C) groups is 1. The highest BCUT2D eigenvalue weighted by atomic mass is 32.2. The third-order valence-corrected chi connectivity index (χ3v) is 9.80. The van der Waals surface area contributed by atoms with Crippen LogP contribution in [0.5, 0.6) is 0 Å². The number of hydrogen-bond acceptors (Lipinski definition) is 5. The Morgan fingerprint density at radius 3 is 2.42 bits per heavy atom. The lowest BCUT2D eigenvalue weighted by molar-refractivity contribution is -0.125. The number of amidine groups is 1. The van der Waals surface area contributed by atoms with Crippen LogP contribution < -0.4 is 10.6 Å². The fourth-order valence-corrected chi connectivity index (χ4v) is 7.00. The molecule has 2 heterocycles. The standard InChI is InChI=1S/C25H38N4O3S/c1-17-5-7-20(8-6-17)23-27-24(30)25(28-23)10-12-29(13-11-25)33(31,32)14-9-21-15-19(3)22(26-4)16-18(21)2/h15-17,20,26H,5-14H2,1-4H3,(H,27,28,30). The molecule has 0 aromatic heterocycles. The summed E-state index contributed by atoms with van der Waals surface area (Å²) in [7, 11) is -1.50. The summed E-state index contributed by atoms with van der Waals surface area (Å²) < 4.78 is 27.7. The van der Waals surface area contributed by atoms with Crippen LogP contribution in [0.15, 0.2) is 17.1 Å². The third kappa shape index (κ3) is 4.97. The van der Waals surface area contributed by atoms with Gasteiger partial charge in [-0.25, -0.2) is 12.7 Å². The van der Waals surface area contributed by atoms with Crippen molar-refractivity contribution in [2.45, 2.75) is 71.3 Å². The normalized spacial score (nSPS) is 25.7. The summed E-state index contributed by atoms with van der Waals surface area (Å²) in [5, 5.41) is 6.23. The van der Waals surface area contributed by atoms with Crippen molar-refractivity contribution in [1.82, 2.24) is 9.62 Å². The molecule has 8 heteroatoms. The quantitative estimate of drug-likeness (QED) is 0.661. The molecule has 3 aliphatic rings. The zero-order valence-electron chi connectivity index (χ0n) is 20.4. The Hall–Kier alpha value is -1.93. The van der Waals surface area contributed by atoms with Crippen molar-refractivity contribution in [3.63, 3.8) is 0 Å². The maximum absolute atomic E-state index is 13.1. The number of hydrogen-bond donors (Lipinski definition) is 2. The minimum Gasteiger partial charge on any atom is -0.388 e. The number of piperidine rings is 1. The van der Waals surface area contributed by atoms with E-state index in [2.05, 4.69) is 29.7 Å². The molecule has 1 saturated heterocycles. The number of amides is 1. The molecule has 1 saturated carbocycles. The number of rotatable bonds is 6. The zero-order chi connectivity index (χ0) is 23.8. The number of carbonyl (C=O) groups is 1. The summed E-state index contributed by atoms with van der Waals surface area (Å²) in [6.45, 7) is 7.04. The van der Waals surface area contributed by atoms with Crippen LogP contribution in [0.25, 0.3) is 0 Å². The van der Waals surface area contributed by atoms with Gasteiger partial charge in [-0.1, -0.05) is 25.8 Å². The number of nitrogens with one attached hydrogen (secondary N) is 2. The Kier molecular flexibility index (Phi) is 6.87. The van der Waals surface area contributed by atoms with Crippen molar-refractivity contribution in [2.24, 2.45) is 16.8 Å². The van der Waals surface area contributed by atoms with E-state index in [0.29, 0.717) is 38.3 Å². The van der Waals surface area contributed by atoms with E-state index in [0.717, 1.165) is 47.0 Å². The second kappa shape index (κ2) is 9.37.